The van der Waals surface area contributed by atoms with E-state index in [1.807, 2.05) is 20.8 Å². The van der Waals surface area contributed by atoms with E-state index < -0.39 is 11.1 Å². The summed E-state index contributed by atoms with van der Waals surface area (Å²) in [6.07, 6.45) is 2.45. The summed E-state index contributed by atoms with van der Waals surface area (Å²) in [6.45, 7) is 6.92. The second-order valence-electron chi connectivity index (χ2n) is 6.78. The molecule has 1 heterocycles. The fourth-order valence-corrected chi connectivity index (χ4v) is 2.95. The van der Waals surface area contributed by atoms with Crippen molar-refractivity contribution in [3.8, 4) is 0 Å². The van der Waals surface area contributed by atoms with Crippen LogP contribution in [0.25, 0.3) is 0 Å². The normalized spacial score (nSPS) is 35.7. The number of ether oxygens (including phenoxy) is 1. The molecule has 1 saturated carbocycles. The summed E-state index contributed by atoms with van der Waals surface area (Å²) in [6, 6.07) is 0. The molecule has 1 aliphatic heterocycles. The summed E-state index contributed by atoms with van der Waals surface area (Å²) in [5, 5.41) is 9.33. The molecule has 1 amide bonds. The Kier molecular flexibility index (Phi) is 3.10. The van der Waals surface area contributed by atoms with Crippen LogP contribution in [0.5, 0.6) is 0 Å². The summed E-state index contributed by atoms with van der Waals surface area (Å²) in [4.78, 5) is 13.8. The van der Waals surface area contributed by atoms with Gasteiger partial charge in [0.05, 0.1) is 6.61 Å². The molecule has 1 aliphatic carbocycles. The van der Waals surface area contributed by atoms with E-state index in [9.17, 15) is 9.90 Å². The Balaban J connectivity index is 1.98. The lowest BCUT2D eigenvalue weighted by Crippen LogP contribution is -2.48. The summed E-state index contributed by atoms with van der Waals surface area (Å²) >= 11 is 0. The number of piperidine rings is 1. The molecule has 104 valence electrons. The molecule has 0 radical (unpaired) electrons. The van der Waals surface area contributed by atoms with Gasteiger partial charge in [0, 0.05) is 24.0 Å². The van der Waals surface area contributed by atoms with Gasteiger partial charge in [0.1, 0.15) is 5.60 Å². The molecule has 1 spiro atoms. The Labute approximate surface area is 108 Å². The molecular weight excluding hydrogens is 232 g/mol. The minimum Gasteiger partial charge on any atom is -0.444 e. The van der Waals surface area contributed by atoms with Crippen molar-refractivity contribution >= 4 is 6.09 Å². The van der Waals surface area contributed by atoms with Crippen LogP contribution in [0.3, 0.4) is 0 Å². The average Bonchev–Trinajstić information content (AvgIpc) is 2.81. The van der Waals surface area contributed by atoms with Gasteiger partial charge >= 0.3 is 6.09 Å². The zero-order valence-corrected chi connectivity index (χ0v) is 11.5. The number of carbonyl (C=O) groups is 1. The van der Waals surface area contributed by atoms with E-state index in [0.717, 1.165) is 25.8 Å². The number of likely N-dealkylation sites (tertiary alicyclic amines) is 1. The minimum absolute atomic E-state index is 0.00480. The van der Waals surface area contributed by atoms with Crippen LogP contribution in [0.2, 0.25) is 0 Å². The van der Waals surface area contributed by atoms with Gasteiger partial charge in [-0.3, -0.25) is 0 Å². The van der Waals surface area contributed by atoms with E-state index in [4.69, 9.17) is 10.5 Å². The number of hydrogen-bond donors (Lipinski definition) is 2. The SMILES string of the molecule is CC(C)(C)OC(=O)N1CCCC2(C1)CC2(N)CO. The van der Waals surface area contributed by atoms with Crippen LogP contribution in [-0.2, 0) is 4.74 Å². The highest BCUT2D eigenvalue weighted by atomic mass is 16.6. The molecule has 2 fully saturated rings. The number of carbonyl (C=O) groups excluding carboxylic acids is 1. The van der Waals surface area contributed by atoms with E-state index in [1.165, 1.54) is 0 Å². The number of amides is 1. The number of aliphatic hydroxyl groups is 1. The van der Waals surface area contributed by atoms with Crippen LogP contribution in [-0.4, -0.2) is 46.9 Å². The molecule has 2 atom stereocenters. The Morgan fingerprint density at radius 2 is 2.17 bits per heavy atom. The van der Waals surface area contributed by atoms with Crippen molar-refractivity contribution in [3.05, 3.63) is 0 Å². The molecule has 2 unspecified atom stereocenters. The van der Waals surface area contributed by atoms with Crippen molar-refractivity contribution < 1.29 is 14.6 Å². The summed E-state index contributed by atoms with van der Waals surface area (Å²) < 4.78 is 5.38. The maximum Gasteiger partial charge on any atom is 0.410 e. The minimum atomic E-state index is -0.492. The Morgan fingerprint density at radius 1 is 1.50 bits per heavy atom. The topological polar surface area (TPSA) is 75.8 Å². The number of hydrogen-bond acceptors (Lipinski definition) is 4. The standard InChI is InChI=1S/C13H24N2O3/c1-11(2,3)18-10(17)15-6-4-5-12(8-15)7-13(12,14)9-16/h16H,4-9,14H2,1-3H3. The number of nitrogens with zero attached hydrogens (tertiary/aromatic N) is 1. The monoisotopic (exact) mass is 256 g/mol. The van der Waals surface area contributed by atoms with Crippen molar-refractivity contribution in [2.75, 3.05) is 19.7 Å². The van der Waals surface area contributed by atoms with Crippen LogP contribution < -0.4 is 5.73 Å². The van der Waals surface area contributed by atoms with Gasteiger partial charge in [-0.1, -0.05) is 0 Å². The predicted octanol–water partition coefficient (Wildman–Crippen LogP) is 1.10. The molecule has 18 heavy (non-hydrogen) atoms. The molecular formula is C13H24N2O3. The summed E-state index contributed by atoms with van der Waals surface area (Å²) in [5.41, 5.74) is 5.07. The summed E-state index contributed by atoms with van der Waals surface area (Å²) in [7, 11) is 0. The zero-order valence-electron chi connectivity index (χ0n) is 11.5. The third kappa shape index (κ3) is 2.34. The van der Waals surface area contributed by atoms with Crippen molar-refractivity contribution in [3.63, 3.8) is 0 Å². The number of rotatable bonds is 1. The van der Waals surface area contributed by atoms with Gasteiger partial charge in [-0.15, -0.1) is 0 Å². The van der Waals surface area contributed by atoms with E-state index >= 15 is 0 Å². The molecule has 5 nitrogen and oxygen atoms in total. The Morgan fingerprint density at radius 3 is 2.67 bits per heavy atom. The maximum absolute atomic E-state index is 12.0. The highest BCUT2D eigenvalue weighted by Gasteiger charge is 2.66. The van der Waals surface area contributed by atoms with Crippen molar-refractivity contribution in [1.29, 1.82) is 0 Å². The van der Waals surface area contributed by atoms with Crippen LogP contribution >= 0.6 is 0 Å². The second-order valence-corrected chi connectivity index (χ2v) is 6.78. The molecule has 0 aromatic carbocycles. The quantitative estimate of drug-likeness (QED) is 0.736. The van der Waals surface area contributed by atoms with Crippen LogP contribution in [0.15, 0.2) is 0 Å². The predicted molar refractivity (Wildman–Crippen MR) is 68.1 cm³/mol. The van der Waals surface area contributed by atoms with Gasteiger partial charge in [-0.05, 0) is 40.0 Å². The van der Waals surface area contributed by atoms with Gasteiger partial charge < -0.3 is 20.5 Å². The maximum atomic E-state index is 12.0. The lowest BCUT2D eigenvalue weighted by Gasteiger charge is -2.36. The lowest BCUT2D eigenvalue weighted by molar-refractivity contribution is 0.0121. The molecule has 2 rings (SSSR count). The first kappa shape index (κ1) is 13.6. The van der Waals surface area contributed by atoms with Crippen molar-refractivity contribution in [2.45, 2.75) is 51.2 Å². The molecule has 3 N–H and O–H groups in total. The lowest BCUT2D eigenvalue weighted by atomic mass is 9.90. The van der Waals surface area contributed by atoms with Gasteiger partial charge in [0.2, 0.25) is 0 Å². The Bertz CT molecular complexity index is 349. The summed E-state index contributed by atoms with van der Waals surface area (Å²) in [5.74, 6) is 0. The molecule has 5 heteroatoms. The van der Waals surface area contributed by atoms with E-state index in [-0.39, 0.29) is 18.1 Å². The number of nitrogens with two attached hydrogens (primary N) is 1. The fraction of sp³-hybridized carbons (Fsp3) is 0.923. The van der Waals surface area contributed by atoms with Gasteiger partial charge in [0.25, 0.3) is 0 Å². The van der Waals surface area contributed by atoms with Crippen LogP contribution in [0.1, 0.15) is 40.0 Å². The van der Waals surface area contributed by atoms with Gasteiger partial charge in [-0.2, -0.15) is 0 Å². The smallest absolute Gasteiger partial charge is 0.410 e. The largest absolute Gasteiger partial charge is 0.444 e. The molecule has 1 saturated heterocycles. The zero-order chi connectivity index (χ0) is 13.6. The first-order chi connectivity index (χ1) is 8.21. The second kappa shape index (κ2) is 4.10. The Hall–Kier alpha value is -0.810. The molecule has 2 aliphatic rings. The first-order valence-corrected chi connectivity index (χ1v) is 6.59. The average molecular weight is 256 g/mol. The van der Waals surface area contributed by atoms with E-state index in [1.54, 1.807) is 4.90 Å². The third-order valence-corrected chi connectivity index (χ3v) is 4.10. The third-order valence-electron chi connectivity index (χ3n) is 4.10. The highest BCUT2D eigenvalue weighted by Crippen LogP contribution is 2.59. The van der Waals surface area contributed by atoms with Gasteiger partial charge in [0.15, 0.2) is 0 Å². The molecule has 0 bridgehead atoms. The van der Waals surface area contributed by atoms with Crippen molar-refractivity contribution in [2.24, 2.45) is 11.1 Å². The first-order valence-electron chi connectivity index (χ1n) is 6.59. The van der Waals surface area contributed by atoms with E-state index in [2.05, 4.69) is 0 Å². The highest BCUT2D eigenvalue weighted by molar-refractivity contribution is 5.68. The fourth-order valence-electron chi connectivity index (χ4n) is 2.95. The molecule has 0 aromatic heterocycles. The van der Waals surface area contributed by atoms with Crippen molar-refractivity contribution in [1.82, 2.24) is 4.90 Å². The van der Waals surface area contributed by atoms with Crippen LogP contribution in [0.4, 0.5) is 4.79 Å². The molecule has 0 aromatic rings. The van der Waals surface area contributed by atoms with Gasteiger partial charge in [-0.25, -0.2) is 4.79 Å². The number of aliphatic hydroxyl groups excluding tert-OH is 1. The van der Waals surface area contributed by atoms with Crippen LogP contribution in [0, 0.1) is 5.41 Å². The van der Waals surface area contributed by atoms with E-state index in [0.29, 0.717) is 6.54 Å².